The highest BCUT2D eigenvalue weighted by Gasteiger charge is 2.15. The van der Waals surface area contributed by atoms with E-state index in [0.717, 1.165) is 25.0 Å². The lowest BCUT2D eigenvalue weighted by atomic mass is 10.1. The Morgan fingerprint density at radius 3 is 2.60 bits per heavy atom. The van der Waals surface area contributed by atoms with Crippen LogP contribution in [0.2, 0.25) is 0 Å². The zero-order valence-corrected chi connectivity index (χ0v) is 9.44. The Morgan fingerprint density at radius 1 is 1.27 bits per heavy atom. The Kier molecular flexibility index (Phi) is 4.85. The lowest BCUT2D eigenvalue weighted by molar-refractivity contribution is 0.101. The lowest BCUT2D eigenvalue weighted by Gasteiger charge is -2.10. The normalized spacial score (nSPS) is 13.4. The van der Waals surface area contributed by atoms with Crippen LogP contribution in [-0.4, -0.2) is 16.8 Å². The summed E-state index contributed by atoms with van der Waals surface area (Å²) in [4.78, 5) is 0. The van der Waals surface area contributed by atoms with Crippen LogP contribution in [-0.2, 0) is 6.42 Å². The second kappa shape index (κ2) is 5.93. The van der Waals surface area contributed by atoms with Crippen LogP contribution >= 0.6 is 0 Å². The zero-order chi connectivity index (χ0) is 11.3. The van der Waals surface area contributed by atoms with Crippen LogP contribution in [0.25, 0.3) is 0 Å². The molecule has 0 saturated heterocycles. The highest BCUT2D eigenvalue weighted by molar-refractivity contribution is 5.10. The molecule has 1 heterocycles. The molecule has 0 spiro atoms. The highest BCUT2D eigenvalue weighted by Crippen LogP contribution is 2.23. The predicted octanol–water partition coefficient (Wildman–Crippen LogP) is 2.28. The van der Waals surface area contributed by atoms with Gasteiger partial charge in [0.05, 0.1) is 0 Å². The first-order chi connectivity index (χ1) is 7.15. The molecule has 0 aliphatic rings. The van der Waals surface area contributed by atoms with E-state index in [4.69, 9.17) is 9.52 Å². The summed E-state index contributed by atoms with van der Waals surface area (Å²) in [6, 6.07) is 3.73. The van der Waals surface area contributed by atoms with Gasteiger partial charge in [-0.15, -0.1) is 0 Å². The van der Waals surface area contributed by atoms with E-state index in [9.17, 15) is 5.11 Å². The molecule has 86 valence electrons. The molecule has 15 heavy (non-hydrogen) atoms. The minimum absolute atomic E-state index is 0.168. The molecule has 1 rings (SSSR count). The van der Waals surface area contributed by atoms with Gasteiger partial charge >= 0.3 is 0 Å². The minimum atomic E-state index is -0.517. The predicted molar refractivity (Wildman–Crippen MR) is 58.5 cm³/mol. The van der Waals surface area contributed by atoms with Crippen LogP contribution in [0.3, 0.4) is 0 Å². The monoisotopic (exact) mass is 212 g/mol. The molecule has 1 aromatic rings. The van der Waals surface area contributed by atoms with Gasteiger partial charge in [0, 0.05) is 13.0 Å². The van der Waals surface area contributed by atoms with Crippen molar-refractivity contribution in [1.82, 2.24) is 0 Å². The van der Waals surface area contributed by atoms with Crippen molar-refractivity contribution < 1.29 is 14.6 Å². The van der Waals surface area contributed by atoms with E-state index in [1.54, 1.807) is 0 Å². The van der Waals surface area contributed by atoms with Gasteiger partial charge in [0.15, 0.2) is 0 Å². The van der Waals surface area contributed by atoms with Crippen LogP contribution in [0.5, 0.6) is 0 Å². The summed E-state index contributed by atoms with van der Waals surface area (Å²) >= 11 is 0. The molecule has 0 saturated carbocycles. The highest BCUT2D eigenvalue weighted by atomic mass is 16.4. The zero-order valence-electron chi connectivity index (χ0n) is 9.44. The van der Waals surface area contributed by atoms with Gasteiger partial charge in [0.1, 0.15) is 17.6 Å². The van der Waals surface area contributed by atoms with Gasteiger partial charge in [0.2, 0.25) is 0 Å². The molecule has 1 aromatic heterocycles. The second-order valence-corrected chi connectivity index (χ2v) is 4.17. The quantitative estimate of drug-likeness (QED) is 0.711. The largest absolute Gasteiger partial charge is 0.463 e. The van der Waals surface area contributed by atoms with Crippen molar-refractivity contribution in [3.63, 3.8) is 0 Å². The van der Waals surface area contributed by atoms with Gasteiger partial charge in [-0.3, -0.25) is 0 Å². The van der Waals surface area contributed by atoms with Crippen molar-refractivity contribution >= 4 is 0 Å². The molecule has 2 N–H and O–H groups in total. The molecule has 0 amide bonds. The fourth-order valence-corrected chi connectivity index (χ4v) is 1.43. The molecular weight excluding hydrogens is 192 g/mol. The lowest BCUT2D eigenvalue weighted by Crippen LogP contribution is -2.03. The summed E-state index contributed by atoms with van der Waals surface area (Å²) < 4.78 is 5.52. The maximum atomic E-state index is 9.75. The van der Waals surface area contributed by atoms with E-state index in [1.165, 1.54) is 0 Å². The van der Waals surface area contributed by atoms with Gasteiger partial charge in [-0.25, -0.2) is 0 Å². The molecule has 3 nitrogen and oxygen atoms in total. The summed E-state index contributed by atoms with van der Waals surface area (Å²) in [5, 5.41) is 18.4. The number of rotatable bonds is 6. The average molecular weight is 212 g/mol. The standard InChI is InChI=1S/C12H20O3/c1-9(2)12(14)11-7-6-10(15-11)5-3-4-8-13/h6-7,9,12-14H,3-5,8H2,1-2H3. The number of aryl methyl sites for hydroxylation is 1. The molecule has 0 aliphatic heterocycles. The Morgan fingerprint density at radius 2 is 2.00 bits per heavy atom. The number of furan rings is 1. The topological polar surface area (TPSA) is 53.6 Å². The van der Waals surface area contributed by atoms with E-state index in [0.29, 0.717) is 5.76 Å². The Bertz CT molecular complexity index is 278. The third-order valence-electron chi connectivity index (χ3n) is 2.44. The molecule has 0 aliphatic carbocycles. The fourth-order valence-electron chi connectivity index (χ4n) is 1.43. The maximum absolute atomic E-state index is 9.75. The van der Waals surface area contributed by atoms with Crippen LogP contribution in [0.1, 0.15) is 44.3 Å². The number of unbranched alkanes of at least 4 members (excludes halogenated alkanes) is 1. The molecule has 1 unspecified atom stereocenters. The van der Waals surface area contributed by atoms with E-state index in [1.807, 2.05) is 26.0 Å². The van der Waals surface area contributed by atoms with Gasteiger partial charge in [-0.1, -0.05) is 13.8 Å². The average Bonchev–Trinajstić information content (AvgIpc) is 2.65. The first-order valence-corrected chi connectivity index (χ1v) is 5.52. The summed E-state index contributed by atoms with van der Waals surface area (Å²) in [7, 11) is 0. The molecule has 1 atom stereocenters. The smallest absolute Gasteiger partial charge is 0.132 e. The van der Waals surface area contributed by atoms with E-state index >= 15 is 0 Å². The van der Waals surface area contributed by atoms with E-state index in [2.05, 4.69) is 0 Å². The second-order valence-electron chi connectivity index (χ2n) is 4.17. The van der Waals surface area contributed by atoms with Crippen molar-refractivity contribution in [3.05, 3.63) is 23.7 Å². The maximum Gasteiger partial charge on any atom is 0.132 e. The van der Waals surface area contributed by atoms with Gasteiger partial charge in [-0.05, 0) is 30.9 Å². The molecule has 0 radical (unpaired) electrons. The summed E-state index contributed by atoms with van der Waals surface area (Å²) in [5.74, 6) is 1.70. The van der Waals surface area contributed by atoms with Gasteiger partial charge < -0.3 is 14.6 Å². The van der Waals surface area contributed by atoms with Crippen molar-refractivity contribution in [2.45, 2.75) is 39.2 Å². The molecule has 3 heteroatoms. The van der Waals surface area contributed by atoms with Gasteiger partial charge in [0.25, 0.3) is 0 Å². The molecular formula is C12H20O3. The number of hydrogen-bond donors (Lipinski definition) is 2. The molecule has 0 bridgehead atoms. The Hall–Kier alpha value is -0.800. The molecule has 0 aromatic carbocycles. The number of hydrogen-bond acceptors (Lipinski definition) is 3. The van der Waals surface area contributed by atoms with E-state index in [-0.39, 0.29) is 12.5 Å². The third-order valence-corrected chi connectivity index (χ3v) is 2.44. The van der Waals surface area contributed by atoms with Crippen molar-refractivity contribution in [2.75, 3.05) is 6.61 Å². The Balaban J connectivity index is 2.48. The van der Waals surface area contributed by atoms with Gasteiger partial charge in [-0.2, -0.15) is 0 Å². The SMILES string of the molecule is CC(C)C(O)c1ccc(CCCCO)o1. The Labute approximate surface area is 90.7 Å². The van der Waals surface area contributed by atoms with Crippen LogP contribution in [0.4, 0.5) is 0 Å². The van der Waals surface area contributed by atoms with Crippen molar-refractivity contribution in [1.29, 1.82) is 0 Å². The first kappa shape index (κ1) is 12.3. The summed E-state index contributed by atoms with van der Waals surface area (Å²) in [6.07, 6.45) is 2.02. The summed E-state index contributed by atoms with van der Waals surface area (Å²) in [5.41, 5.74) is 0. The summed E-state index contributed by atoms with van der Waals surface area (Å²) in [6.45, 7) is 4.14. The van der Waals surface area contributed by atoms with Crippen LogP contribution < -0.4 is 0 Å². The fraction of sp³-hybridized carbons (Fsp3) is 0.667. The third kappa shape index (κ3) is 3.68. The van der Waals surface area contributed by atoms with Crippen LogP contribution in [0, 0.1) is 5.92 Å². The van der Waals surface area contributed by atoms with Crippen LogP contribution in [0.15, 0.2) is 16.5 Å². The van der Waals surface area contributed by atoms with Crippen molar-refractivity contribution in [3.8, 4) is 0 Å². The first-order valence-electron chi connectivity index (χ1n) is 5.52. The van der Waals surface area contributed by atoms with Crippen molar-refractivity contribution in [2.24, 2.45) is 5.92 Å². The number of aliphatic hydroxyl groups is 2. The van der Waals surface area contributed by atoms with E-state index < -0.39 is 6.10 Å². The minimum Gasteiger partial charge on any atom is -0.463 e. The number of aliphatic hydroxyl groups excluding tert-OH is 2. The molecule has 0 fully saturated rings.